The van der Waals surface area contributed by atoms with Gasteiger partial charge in [-0.25, -0.2) is 9.59 Å². The van der Waals surface area contributed by atoms with Gasteiger partial charge >= 0.3 is 11.9 Å². The number of carbonyl (C=O) groups is 2. The maximum absolute atomic E-state index is 13.0. The largest absolute Gasteiger partial charge is 0.496 e. The summed E-state index contributed by atoms with van der Waals surface area (Å²) in [5, 5.41) is 0. The molecule has 0 fully saturated rings. The van der Waals surface area contributed by atoms with Gasteiger partial charge in [0.2, 0.25) is 0 Å². The zero-order chi connectivity index (χ0) is 20.5. The van der Waals surface area contributed by atoms with Crippen LogP contribution < -0.4 is 9.47 Å². The fourth-order valence-electron chi connectivity index (χ4n) is 3.59. The maximum atomic E-state index is 13.0. The van der Waals surface area contributed by atoms with Crippen LogP contribution in [0.4, 0.5) is 0 Å². The number of aryl methyl sites for hydroxylation is 1. The van der Waals surface area contributed by atoms with E-state index in [0.717, 1.165) is 36.1 Å². The van der Waals surface area contributed by atoms with E-state index in [-0.39, 0.29) is 16.7 Å². The fraction of sp³-hybridized carbons (Fsp3) is 0.409. The van der Waals surface area contributed by atoms with Gasteiger partial charge in [0.15, 0.2) is 0 Å². The Morgan fingerprint density at radius 3 is 2.57 bits per heavy atom. The molecule has 0 spiro atoms. The van der Waals surface area contributed by atoms with Crippen molar-refractivity contribution in [2.45, 2.75) is 40.0 Å². The Morgan fingerprint density at radius 2 is 1.89 bits per heavy atom. The Labute approximate surface area is 164 Å². The highest BCUT2D eigenvalue weighted by Gasteiger charge is 2.30. The van der Waals surface area contributed by atoms with Gasteiger partial charge in [0.25, 0.3) is 0 Å². The van der Waals surface area contributed by atoms with Gasteiger partial charge in [-0.3, -0.25) is 4.98 Å². The number of hydrogen-bond donors (Lipinski definition) is 0. The van der Waals surface area contributed by atoms with Crippen LogP contribution >= 0.6 is 0 Å². The predicted octanol–water partition coefficient (Wildman–Crippen LogP) is 3.92. The monoisotopic (exact) mass is 383 g/mol. The van der Waals surface area contributed by atoms with Crippen molar-refractivity contribution in [2.24, 2.45) is 5.41 Å². The zero-order valence-corrected chi connectivity index (χ0v) is 16.9. The molecule has 6 nitrogen and oxygen atoms in total. The lowest BCUT2D eigenvalue weighted by molar-refractivity contribution is 0.0593. The summed E-state index contributed by atoms with van der Waals surface area (Å²) in [6.45, 7) is 6.28. The van der Waals surface area contributed by atoms with Crippen LogP contribution in [0.2, 0.25) is 0 Å². The van der Waals surface area contributed by atoms with Crippen LogP contribution in [0.1, 0.15) is 57.8 Å². The van der Waals surface area contributed by atoms with E-state index in [1.54, 1.807) is 18.3 Å². The third-order valence-electron chi connectivity index (χ3n) is 5.15. The first-order valence-corrected chi connectivity index (χ1v) is 9.21. The molecule has 28 heavy (non-hydrogen) atoms. The van der Waals surface area contributed by atoms with Crippen molar-refractivity contribution in [3.05, 3.63) is 52.3 Å². The second-order valence-corrected chi connectivity index (χ2v) is 7.83. The average molecular weight is 383 g/mol. The summed E-state index contributed by atoms with van der Waals surface area (Å²) in [6.07, 6.45) is 4.33. The van der Waals surface area contributed by atoms with Crippen molar-refractivity contribution in [1.29, 1.82) is 0 Å². The number of rotatable bonds is 4. The first-order valence-electron chi connectivity index (χ1n) is 9.21. The lowest BCUT2D eigenvalue weighted by Crippen LogP contribution is -2.26. The van der Waals surface area contributed by atoms with Gasteiger partial charge in [0, 0.05) is 11.9 Å². The minimum Gasteiger partial charge on any atom is -0.496 e. The quantitative estimate of drug-likeness (QED) is 0.588. The highest BCUT2D eigenvalue weighted by molar-refractivity contribution is 5.96. The Kier molecular flexibility index (Phi) is 5.40. The number of fused-ring (bicyclic) bond motifs is 1. The van der Waals surface area contributed by atoms with Crippen molar-refractivity contribution < 1.29 is 23.8 Å². The van der Waals surface area contributed by atoms with E-state index in [1.807, 2.05) is 6.92 Å². The molecular formula is C22H25NO5. The van der Waals surface area contributed by atoms with Gasteiger partial charge < -0.3 is 14.2 Å². The number of ether oxygens (including phenoxy) is 3. The summed E-state index contributed by atoms with van der Waals surface area (Å²) in [5.74, 6) is -0.398. The van der Waals surface area contributed by atoms with Crippen molar-refractivity contribution >= 4 is 11.9 Å². The van der Waals surface area contributed by atoms with E-state index in [9.17, 15) is 9.59 Å². The second kappa shape index (κ2) is 7.62. The van der Waals surface area contributed by atoms with E-state index >= 15 is 0 Å². The molecule has 0 radical (unpaired) electrons. The van der Waals surface area contributed by atoms with Crippen LogP contribution in [0.3, 0.4) is 0 Å². The lowest BCUT2D eigenvalue weighted by atomic mass is 9.75. The lowest BCUT2D eigenvalue weighted by Gasteiger charge is -2.31. The number of esters is 2. The third kappa shape index (κ3) is 3.86. The topological polar surface area (TPSA) is 74.7 Å². The molecule has 0 saturated heterocycles. The van der Waals surface area contributed by atoms with Crippen molar-refractivity contribution in [3.8, 4) is 11.5 Å². The van der Waals surface area contributed by atoms with Crippen LogP contribution in [0, 0.1) is 12.3 Å². The summed E-state index contributed by atoms with van der Waals surface area (Å²) < 4.78 is 15.5. The number of nitrogens with zero attached hydrogens (tertiary/aromatic N) is 1. The Morgan fingerprint density at radius 1 is 1.14 bits per heavy atom. The molecule has 0 saturated carbocycles. The van der Waals surface area contributed by atoms with E-state index in [4.69, 9.17) is 14.2 Å². The van der Waals surface area contributed by atoms with E-state index < -0.39 is 11.9 Å². The molecule has 2 aromatic rings. The van der Waals surface area contributed by atoms with Crippen LogP contribution in [0.15, 0.2) is 24.4 Å². The number of pyridine rings is 1. The molecule has 0 aliphatic heterocycles. The highest BCUT2D eigenvalue weighted by atomic mass is 16.5. The predicted molar refractivity (Wildman–Crippen MR) is 104 cm³/mol. The van der Waals surface area contributed by atoms with Crippen LogP contribution in [-0.4, -0.2) is 31.1 Å². The first kappa shape index (κ1) is 19.9. The van der Waals surface area contributed by atoms with Gasteiger partial charge in [-0.05, 0) is 60.9 Å². The normalized spacial score (nSPS) is 14.8. The molecule has 0 atom stereocenters. The van der Waals surface area contributed by atoms with Gasteiger partial charge in [-0.2, -0.15) is 0 Å². The third-order valence-corrected chi connectivity index (χ3v) is 5.15. The molecule has 1 aromatic carbocycles. The van der Waals surface area contributed by atoms with E-state index in [2.05, 4.69) is 18.8 Å². The average Bonchev–Trinajstić information content (AvgIpc) is 2.66. The first-order chi connectivity index (χ1) is 13.3. The van der Waals surface area contributed by atoms with Crippen LogP contribution in [0.5, 0.6) is 11.5 Å². The summed E-state index contributed by atoms with van der Waals surface area (Å²) in [5.41, 5.74) is 3.64. The SMILES string of the molecule is COC(=O)c1cc(OC(=O)c2c(C)cnc3c2CCC(C)(C)C3)ccc1OC. The fourth-order valence-corrected chi connectivity index (χ4v) is 3.59. The Hall–Kier alpha value is -2.89. The van der Waals surface area contributed by atoms with Crippen LogP contribution in [0.25, 0.3) is 0 Å². The van der Waals surface area contributed by atoms with Gasteiger partial charge in [0.05, 0.1) is 19.8 Å². The van der Waals surface area contributed by atoms with E-state index in [1.165, 1.54) is 20.3 Å². The summed E-state index contributed by atoms with van der Waals surface area (Å²) in [7, 11) is 2.75. The standard InChI is InChI=1S/C22H25NO5/c1-13-12-23-17-11-22(2,3)9-8-15(17)19(13)21(25)28-14-6-7-18(26-4)16(10-14)20(24)27-5/h6-7,10,12H,8-9,11H2,1-5H3. The summed E-state index contributed by atoms with van der Waals surface area (Å²) >= 11 is 0. The van der Waals surface area contributed by atoms with Crippen molar-refractivity contribution in [1.82, 2.24) is 4.98 Å². The Balaban J connectivity index is 1.93. The van der Waals surface area contributed by atoms with Crippen molar-refractivity contribution in [2.75, 3.05) is 14.2 Å². The molecule has 6 heteroatoms. The number of aromatic nitrogens is 1. The number of carbonyl (C=O) groups excluding carboxylic acids is 2. The minimum atomic E-state index is -0.561. The van der Waals surface area contributed by atoms with Crippen molar-refractivity contribution in [3.63, 3.8) is 0 Å². The molecule has 0 amide bonds. The molecule has 1 aromatic heterocycles. The molecular weight excluding hydrogens is 358 g/mol. The molecule has 148 valence electrons. The number of methoxy groups -OCH3 is 2. The van der Waals surface area contributed by atoms with Gasteiger partial charge in [0.1, 0.15) is 17.1 Å². The maximum Gasteiger partial charge on any atom is 0.344 e. The summed E-state index contributed by atoms with van der Waals surface area (Å²) in [6, 6.07) is 4.62. The molecule has 0 unspecified atom stereocenters. The molecule has 3 rings (SSSR count). The van der Waals surface area contributed by atoms with E-state index in [0.29, 0.717) is 11.3 Å². The molecule has 0 N–H and O–H groups in total. The van der Waals surface area contributed by atoms with Gasteiger partial charge in [-0.1, -0.05) is 13.8 Å². The Bertz CT molecular complexity index is 933. The second-order valence-electron chi connectivity index (χ2n) is 7.83. The highest BCUT2D eigenvalue weighted by Crippen LogP contribution is 2.36. The molecule has 1 aliphatic rings. The molecule has 1 aliphatic carbocycles. The molecule has 0 bridgehead atoms. The minimum absolute atomic E-state index is 0.168. The van der Waals surface area contributed by atoms with Gasteiger partial charge in [-0.15, -0.1) is 0 Å². The number of hydrogen-bond acceptors (Lipinski definition) is 6. The number of benzene rings is 1. The van der Waals surface area contributed by atoms with Crippen LogP contribution in [-0.2, 0) is 17.6 Å². The zero-order valence-electron chi connectivity index (χ0n) is 16.9. The molecule has 1 heterocycles. The smallest absolute Gasteiger partial charge is 0.344 e. The summed E-state index contributed by atoms with van der Waals surface area (Å²) in [4.78, 5) is 29.5.